The number of rotatable bonds is 3. The molecule has 0 aliphatic rings. The predicted molar refractivity (Wildman–Crippen MR) is 52.8 cm³/mol. The largest absolute Gasteiger partial charge is 0.493 e. The summed E-state index contributed by atoms with van der Waals surface area (Å²) in [6.07, 6.45) is 0. The molecule has 0 atom stereocenters. The molecule has 0 radical (unpaired) electrons. The lowest BCUT2D eigenvalue weighted by Crippen LogP contribution is -1.94. The van der Waals surface area contributed by atoms with Crippen molar-refractivity contribution in [3.05, 3.63) is 23.8 Å². The second kappa shape index (κ2) is 4.28. The Morgan fingerprint density at radius 1 is 1.23 bits per heavy atom. The van der Waals surface area contributed by atoms with Crippen LogP contribution in [0.15, 0.2) is 18.2 Å². The van der Waals surface area contributed by atoms with Crippen molar-refractivity contribution in [1.29, 1.82) is 0 Å². The molecular formula is C9H9BrO3. The molecule has 3 nitrogen and oxygen atoms in total. The fourth-order valence-corrected chi connectivity index (χ4v) is 1.21. The van der Waals surface area contributed by atoms with Gasteiger partial charge in [-0.15, -0.1) is 0 Å². The molecule has 0 aliphatic carbocycles. The molecule has 0 spiro atoms. The number of methoxy groups -OCH3 is 2. The molecule has 0 saturated heterocycles. The Kier molecular flexibility index (Phi) is 3.31. The zero-order valence-corrected chi connectivity index (χ0v) is 8.92. The molecule has 0 N–H and O–H groups in total. The van der Waals surface area contributed by atoms with Crippen LogP contribution in [0.25, 0.3) is 0 Å². The lowest BCUT2D eigenvalue weighted by atomic mass is 10.2. The van der Waals surface area contributed by atoms with Crippen molar-refractivity contribution in [3.8, 4) is 11.5 Å². The maximum atomic E-state index is 10.9. The highest BCUT2D eigenvalue weighted by atomic mass is 79.9. The molecular weight excluding hydrogens is 236 g/mol. The molecule has 0 amide bonds. The average Bonchev–Trinajstić information content (AvgIpc) is 2.16. The van der Waals surface area contributed by atoms with Gasteiger partial charge in [0.25, 0.3) is 0 Å². The van der Waals surface area contributed by atoms with E-state index in [1.807, 2.05) is 0 Å². The van der Waals surface area contributed by atoms with E-state index >= 15 is 0 Å². The van der Waals surface area contributed by atoms with Crippen LogP contribution >= 0.6 is 15.9 Å². The third kappa shape index (κ3) is 2.21. The van der Waals surface area contributed by atoms with Gasteiger partial charge >= 0.3 is 0 Å². The summed E-state index contributed by atoms with van der Waals surface area (Å²) in [6.45, 7) is 0. The molecule has 1 rings (SSSR count). The Bertz CT molecular complexity index is 323. The van der Waals surface area contributed by atoms with Crippen LogP contribution in [0.5, 0.6) is 11.5 Å². The van der Waals surface area contributed by atoms with Gasteiger partial charge < -0.3 is 9.47 Å². The van der Waals surface area contributed by atoms with E-state index in [2.05, 4.69) is 15.9 Å². The molecule has 4 heteroatoms. The predicted octanol–water partition coefficient (Wildman–Crippen LogP) is 2.24. The Balaban J connectivity index is 3.13. The van der Waals surface area contributed by atoms with Crippen molar-refractivity contribution in [2.75, 3.05) is 14.2 Å². The van der Waals surface area contributed by atoms with Crippen molar-refractivity contribution >= 4 is 20.6 Å². The molecule has 70 valence electrons. The van der Waals surface area contributed by atoms with Gasteiger partial charge in [-0.2, -0.15) is 0 Å². The second-order valence-corrected chi connectivity index (χ2v) is 3.06. The lowest BCUT2D eigenvalue weighted by Gasteiger charge is -2.07. The molecule has 0 fully saturated rings. The highest BCUT2D eigenvalue weighted by molar-refractivity contribution is 9.18. The molecule has 0 unspecified atom stereocenters. The van der Waals surface area contributed by atoms with Crippen LogP contribution in [0.4, 0.5) is 0 Å². The first kappa shape index (κ1) is 10.1. The number of hydrogen-bond donors (Lipinski definition) is 0. The standard InChI is InChI=1S/C9H9BrO3/c1-12-7-4-3-6(9(10)11)5-8(7)13-2/h3-5H,1-2H3. The summed E-state index contributed by atoms with van der Waals surface area (Å²) in [5.41, 5.74) is 0.539. The zero-order valence-electron chi connectivity index (χ0n) is 7.33. The van der Waals surface area contributed by atoms with Crippen molar-refractivity contribution in [1.82, 2.24) is 0 Å². The van der Waals surface area contributed by atoms with Gasteiger partial charge in [0.2, 0.25) is 4.69 Å². The first-order valence-electron chi connectivity index (χ1n) is 3.61. The maximum Gasteiger partial charge on any atom is 0.228 e. The lowest BCUT2D eigenvalue weighted by molar-refractivity contribution is 0.109. The first-order valence-corrected chi connectivity index (χ1v) is 4.40. The summed E-state index contributed by atoms with van der Waals surface area (Å²) in [7, 11) is 3.08. The van der Waals surface area contributed by atoms with Gasteiger partial charge in [0, 0.05) is 5.56 Å². The number of halogens is 1. The smallest absolute Gasteiger partial charge is 0.228 e. The molecule has 0 bridgehead atoms. The SMILES string of the molecule is COc1ccc(C(=O)Br)cc1OC. The molecule has 13 heavy (non-hydrogen) atoms. The summed E-state index contributed by atoms with van der Waals surface area (Å²) in [4.78, 5) is 10.9. The van der Waals surface area contributed by atoms with E-state index in [9.17, 15) is 4.79 Å². The van der Waals surface area contributed by atoms with E-state index in [0.29, 0.717) is 17.1 Å². The summed E-state index contributed by atoms with van der Waals surface area (Å²) in [6, 6.07) is 4.97. The number of carbonyl (C=O) groups excluding carboxylic acids is 1. The summed E-state index contributed by atoms with van der Waals surface area (Å²) < 4.78 is 9.88. The van der Waals surface area contributed by atoms with Gasteiger partial charge in [-0.25, -0.2) is 0 Å². The Hall–Kier alpha value is -1.03. The van der Waals surface area contributed by atoms with E-state index in [0.717, 1.165) is 0 Å². The van der Waals surface area contributed by atoms with Crippen LogP contribution in [0.2, 0.25) is 0 Å². The van der Waals surface area contributed by atoms with Crippen LogP contribution in [-0.2, 0) is 0 Å². The van der Waals surface area contributed by atoms with Crippen molar-refractivity contribution in [2.45, 2.75) is 0 Å². The van der Waals surface area contributed by atoms with Crippen LogP contribution in [0, 0.1) is 0 Å². The van der Waals surface area contributed by atoms with Crippen molar-refractivity contribution in [2.24, 2.45) is 0 Å². The van der Waals surface area contributed by atoms with Crippen LogP contribution in [0.1, 0.15) is 10.4 Å². The van der Waals surface area contributed by atoms with E-state index in [1.54, 1.807) is 25.3 Å². The number of benzene rings is 1. The minimum absolute atomic E-state index is 0.173. The monoisotopic (exact) mass is 244 g/mol. The average molecular weight is 245 g/mol. The summed E-state index contributed by atoms with van der Waals surface area (Å²) in [5.74, 6) is 1.16. The Morgan fingerprint density at radius 3 is 2.31 bits per heavy atom. The highest BCUT2D eigenvalue weighted by Crippen LogP contribution is 2.28. The molecule has 0 aromatic heterocycles. The minimum Gasteiger partial charge on any atom is -0.493 e. The van der Waals surface area contributed by atoms with Crippen molar-refractivity contribution < 1.29 is 14.3 Å². The number of carbonyl (C=O) groups is 1. The van der Waals surface area contributed by atoms with Gasteiger partial charge in [-0.1, -0.05) is 0 Å². The molecule has 0 aliphatic heterocycles. The van der Waals surface area contributed by atoms with Gasteiger partial charge in [-0.3, -0.25) is 4.79 Å². The number of hydrogen-bond acceptors (Lipinski definition) is 3. The summed E-state index contributed by atoms with van der Waals surface area (Å²) >= 11 is 2.86. The van der Waals surface area contributed by atoms with Gasteiger partial charge in [0.05, 0.1) is 14.2 Å². The Labute approximate surface area is 84.8 Å². The van der Waals surface area contributed by atoms with Gasteiger partial charge in [0.15, 0.2) is 11.5 Å². The summed E-state index contributed by atoms with van der Waals surface area (Å²) in [5, 5.41) is 0. The first-order chi connectivity index (χ1) is 6.19. The van der Waals surface area contributed by atoms with E-state index in [4.69, 9.17) is 9.47 Å². The normalized spacial score (nSPS) is 9.46. The molecule has 1 aromatic rings. The van der Waals surface area contributed by atoms with E-state index < -0.39 is 0 Å². The van der Waals surface area contributed by atoms with Crippen LogP contribution in [-0.4, -0.2) is 18.9 Å². The van der Waals surface area contributed by atoms with Gasteiger partial charge in [-0.05, 0) is 34.1 Å². The highest BCUT2D eigenvalue weighted by Gasteiger charge is 2.07. The quantitative estimate of drug-likeness (QED) is 0.766. The topological polar surface area (TPSA) is 35.5 Å². The third-order valence-electron chi connectivity index (χ3n) is 1.61. The minimum atomic E-state index is -0.173. The second-order valence-electron chi connectivity index (χ2n) is 2.34. The van der Waals surface area contributed by atoms with Gasteiger partial charge in [0.1, 0.15) is 0 Å². The molecule has 0 saturated carbocycles. The third-order valence-corrected chi connectivity index (χ3v) is 2.07. The van der Waals surface area contributed by atoms with Crippen molar-refractivity contribution in [3.63, 3.8) is 0 Å². The fourth-order valence-electron chi connectivity index (χ4n) is 0.958. The zero-order chi connectivity index (χ0) is 9.84. The van der Waals surface area contributed by atoms with E-state index in [1.165, 1.54) is 7.11 Å². The number of ether oxygens (including phenoxy) is 2. The maximum absolute atomic E-state index is 10.9. The van der Waals surface area contributed by atoms with Crippen LogP contribution in [0.3, 0.4) is 0 Å². The molecule has 1 aromatic carbocycles. The fraction of sp³-hybridized carbons (Fsp3) is 0.222. The van der Waals surface area contributed by atoms with Crippen LogP contribution < -0.4 is 9.47 Å². The van der Waals surface area contributed by atoms with E-state index in [-0.39, 0.29) is 4.69 Å². The Morgan fingerprint density at radius 2 is 1.85 bits per heavy atom. The molecule has 0 heterocycles.